The number of amidine groups is 1. The lowest BCUT2D eigenvalue weighted by Crippen LogP contribution is -2.45. The van der Waals surface area contributed by atoms with Crippen molar-refractivity contribution in [3.05, 3.63) is 35.6 Å². The second-order valence-corrected chi connectivity index (χ2v) is 6.79. The normalized spacial score (nSPS) is 23.1. The Morgan fingerprint density at radius 2 is 2.10 bits per heavy atom. The number of thioether (sulfide) groups is 1. The number of nitrogens with zero attached hydrogens (tertiary/aromatic N) is 1. The van der Waals surface area contributed by atoms with Gasteiger partial charge in [0.15, 0.2) is 5.17 Å². The number of benzene rings is 1. The van der Waals surface area contributed by atoms with Crippen LogP contribution in [0.1, 0.15) is 37.7 Å². The van der Waals surface area contributed by atoms with Crippen molar-refractivity contribution in [3.63, 3.8) is 0 Å². The molecule has 3 rings (SSSR count). The van der Waals surface area contributed by atoms with Crippen molar-refractivity contribution >= 4 is 16.9 Å². The van der Waals surface area contributed by atoms with Gasteiger partial charge in [0.25, 0.3) is 0 Å². The van der Waals surface area contributed by atoms with Crippen LogP contribution < -0.4 is 5.32 Å². The summed E-state index contributed by atoms with van der Waals surface area (Å²) in [5.74, 6) is 0.996. The van der Waals surface area contributed by atoms with Gasteiger partial charge in [-0.3, -0.25) is 4.99 Å². The zero-order valence-electron chi connectivity index (χ0n) is 11.7. The molecule has 2 fully saturated rings. The highest BCUT2D eigenvalue weighted by molar-refractivity contribution is 8.14. The second kappa shape index (κ2) is 6.17. The summed E-state index contributed by atoms with van der Waals surface area (Å²) in [6, 6.07) is 6.80. The zero-order chi connectivity index (χ0) is 13.8. The third-order valence-electron chi connectivity index (χ3n) is 4.21. The Morgan fingerprint density at radius 1 is 1.25 bits per heavy atom. The van der Waals surface area contributed by atoms with Gasteiger partial charge in [-0.05, 0) is 37.0 Å². The number of halogens is 1. The van der Waals surface area contributed by atoms with E-state index in [-0.39, 0.29) is 5.82 Å². The van der Waals surface area contributed by atoms with E-state index in [1.165, 1.54) is 38.2 Å². The van der Waals surface area contributed by atoms with E-state index in [4.69, 9.17) is 0 Å². The molecule has 108 valence electrons. The SMILES string of the molecule is Fc1cccc(CCN=C2NC3(CCCCC3)CS2)c1. The molecule has 0 amide bonds. The highest BCUT2D eigenvalue weighted by Crippen LogP contribution is 2.36. The maximum absolute atomic E-state index is 13.1. The van der Waals surface area contributed by atoms with E-state index in [2.05, 4.69) is 10.3 Å². The third-order valence-corrected chi connectivity index (χ3v) is 5.41. The largest absolute Gasteiger partial charge is 0.359 e. The van der Waals surface area contributed by atoms with Gasteiger partial charge in [0.05, 0.1) is 0 Å². The summed E-state index contributed by atoms with van der Waals surface area (Å²) in [7, 11) is 0. The fraction of sp³-hybridized carbons (Fsp3) is 0.562. The van der Waals surface area contributed by atoms with Crippen LogP contribution >= 0.6 is 11.8 Å². The first-order valence-electron chi connectivity index (χ1n) is 7.46. The molecule has 2 nitrogen and oxygen atoms in total. The third kappa shape index (κ3) is 3.35. The minimum atomic E-state index is -0.162. The Kier molecular flexibility index (Phi) is 4.29. The number of nitrogens with one attached hydrogen (secondary N) is 1. The average Bonchev–Trinajstić information content (AvgIpc) is 2.83. The van der Waals surface area contributed by atoms with Gasteiger partial charge >= 0.3 is 0 Å². The summed E-state index contributed by atoms with van der Waals surface area (Å²) >= 11 is 1.85. The van der Waals surface area contributed by atoms with Crippen LogP contribution in [0.15, 0.2) is 29.3 Å². The van der Waals surface area contributed by atoms with E-state index < -0.39 is 0 Å². The molecule has 20 heavy (non-hydrogen) atoms. The minimum Gasteiger partial charge on any atom is -0.359 e. The van der Waals surface area contributed by atoms with Gasteiger partial charge in [-0.15, -0.1) is 0 Å². The van der Waals surface area contributed by atoms with Crippen LogP contribution in [-0.2, 0) is 6.42 Å². The van der Waals surface area contributed by atoms with Gasteiger partial charge in [-0.1, -0.05) is 43.2 Å². The molecule has 1 saturated heterocycles. The van der Waals surface area contributed by atoms with Crippen molar-refractivity contribution in [2.45, 2.75) is 44.1 Å². The molecular formula is C16H21FN2S. The van der Waals surface area contributed by atoms with E-state index in [9.17, 15) is 4.39 Å². The first-order valence-corrected chi connectivity index (χ1v) is 8.44. The molecule has 1 aromatic carbocycles. The highest BCUT2D eigenvalue weighted by Gasteiger charge is 2.37. The Labute approximate surface area is 124 Å². The van der Waals surface area contributed by atoms with Crippen molar-refractivity contribution in [2.75, 3.05) is 12.3 Å². The molecule has 0 atom stereocenters. The predicted octanol–water partition coefficient (Wildman–Crippen LogP) is 3.76. The predicted molar refractivity (Wildman–Crippen MR) is 83.8 cm³/mol. The van der Waals surface area contributed by atoms with Crippen molar-refractivity contribution in [1.29, 1.82) is 0 Å². The van der Waals surface area contributed by atoms with E-state index in [1.54, 1.807) is 12.1 Å². The van der Waals surface area contributed by atoms with Crippen LogP contribution in [0, 0.1) is 5.82 Å². The van der Waals surface area contributed by atoms with Gasteiger partial charge < -0.3 is 5.32 Å². The standard InChI is InChI=1S/C16H21FN2S/c17-14-6-4-5-13(11-14)7-10-18-15-19-16(12-20-15)8-2-1-3-9-16/h4-6,11H,1-3,7-10,12H2,(H,18,19). The summed E-state index contributed by atoms with van der Waals surface area (Å²) in [6.07, 6.45) is 7.41. The van der Waals surface area contributed by atoms with Gasteiger partial charge in [0, 0.05) is 17.8 Å². The molecule has 4 heteroatoms. The minimum absolute atomic E-state index is 0.162. The molecule has 1 spiro atoms. The van der Waals surface area contributed by atoms with Gasteiger partial charge in [0.2, 0.25) is 0 Å². The van der Waals surface area contributed by atoms with E-state index in [1.807, 2.05) is 17.8 Å². The van der Waals surface area contributed by atoms with Crippen LogP contribution in [0.2, 0.25) is 0 Å². The van der Waals surface area contributed by atoms with Gasteiger partial charge in [0.1, 0.15) is 5.82 Å². The van der Waals surface area contributed by atoms with Crippen molar-refractivity contribution in [1.82, 2.24) is 5.32 Å². The molecule has 1 aliphatic heterocycles. The smallest absolute Gasteiger partial charge is 0.157 e. The number of hydrogen-bond acceptors (Lipinski definition) is 2. The average molecular weight is 292 g/mol. The highest BCUT2D eigenvalue weighted by atomic mass is 32.2. The monoisotopic (exact) mass is 292 g/mol. The molecule has 1 aromatic rings. The molecule has 0 radical (unpaired) electrons. The number of hydrogen-bond donors (Lipinski definition) is 1. The maximum atomic E-state index is 13.1. The summed E-state index contributed by atoms with van der Waals surface area (Å²) in [5.41, 5.74) is 1.34. The summed E-state index contributed by atoms with van der Waals surface area (Å²) < 4.78 is 13.1. The fourth-order valence-electron chi connectivity index (χ4n) is 3.07. The Balaban J connectivity index is 1.53. The molecule has 0 aromatic heterocycles. The molecule has 0 unspecified atom stereocenters. The summed E-state index contributed by atoms with van der Waals surface area (Å²) in [5, 5.41) is 4.73. The zero-order valence-corrected chi connectivity index (χ0v) is 12.5. The lowest BCUT2D eigenvalue weighted by molar-refractivity contribution is 0.303. The maximum Gasteiger partial charge on any atom is 0.157 e. The van der Waals surface area contributed by atoms with Crippen LogP contribution in [-0.4, -0.2) is 23.0 Å². The van der Waals surface area contributed by atoms with E-state index >= 15 is 0 Å². The van der Waals surface area contributed by atoms with Crippen LogP contribution in [0.25, 0.3) is 0 Å². The fourth-order valence-corrected chi connectivity index (χ4v) is 4.31. The molecule has 1 saturated carbocycles. The first-order chi connectivity index (χ1) is 9.76. The Bertz CT molecular complexity index is 495. The number of aliphatic imine (C=N–C) groups is 1. The lowest BCUT2D eigenvalue weighted by atomic mass is 9.83. The molecule has 1 N–H and O–H groups in total. The van der Waals surface area contributed by atoms with Crippen molar-refractivity contribution < 1.29 is 4.39 Å². The molecule has 1 heterocycles. The molecule has 1 aliphatic carbocycles. The quantitative estimate of drug-likeness (QED) is 0.917. The Morgan fingerprint density at radius 3 is 2.90 bits per heavy atom. The summed E-state index contributed by atoms with van der Waals surface area (Å²) in [4.78, 5) is 4.64. The topological polar surface area (TPSA) is 24.4 Å². The van der Waals surface area contributed by atoms with Gasteiger partial charge in [-0.25, -0.2) is 4.39 Å². The van der Waals surface area contributed by atoms with Crippen molar-refractivity contribution in [3.8, 4) is 0 Å². The Hall–Kier alpha value is -1.03. The van der Waals surface area contributed by atoms with Gasteiger partial charge in [-0.2, -0.15) is 0 Å². The summed E-state index contributed by atoms with van der Waals surface area (Å²) in [6.45, 7) is 0.731. The van der Waals surface area contributed by atoms with E-state index in [0.717, 1.165) is 29.4 Å². The van der Waals surface area contributed by atoms with Crippen molar-refractivity contribution in [2.24, 2.45) is 4.99 Å². The van der Waals surface area contributed by atoms with Crippen LogP contribution in [0.4, 0.5) is 4.39 Å². The number of rotatable bonds is 3. The molecule has 2 aliphatic rings. The molecular weight excluding hydrogens is 271 g/mol. The van der Waals surface area contributed by atoms with E-state index in [0.29, 0.717) is 5.54 Å². The first kappa shape index (κ1) is 13.9. The second-order valence-electron chi connectivity index (χ2n) is 5.82. The lowest BCUT2D eigenvalue weighted by Gasteiger charge is -2.32. The van der Waals surface area contributed by atoms with Crippen LogP contribution in [0.3, 0.4) is 0 Å². The van der Waals surface area contributed by atoms with Crippen LogP contribution in [0.5, 0.6) is 0 Å². The molecule has 0 bridgehead atoms.